The normalized spacial score (nSPS) is 11.8. The number of alkyl halides is 3. The van der Waals surface area contributed by atoms with Gasteiger partial charge in [-0.25, -0.2) is 0 Å². The molecular formula is C19H15F3. The molecule has 0 unspecified atom stereocenters. The molecule has 22 heavy (non-hydrogen) atoms. The van der Waals surface area contributed by atoms with Crippen molar-refractivity contribution in [2.75, 3.05) is 0 Å². The fraction of sp³-hybridized carbons (Fsp3) is 0.158. The van der Waals surface area contributed by atoms with Crippen LogP contribution in [0.2, 0.25) is 0 Å². The predicted molar refractivity (Wildman–Crippen MR) is 82.8 cm³/mol. The number of benzene rings is 3. The zero-order valence-corrected chi connectivity index (χ0v) is 11.9. The summed E-state index contributed by atoms with van der Waals surface area (Å²) in [6.07, 6.45) is -2.95. The van der Waals surface area contributed by atoms with Crippen molar-refractivity contribution in [1.29, 1.82) is 0 Å². The van der Waals surface area contributed by atoms with Crippen molar-refractivity contribution in [1.82, 2.24) is 0 Å². The maximum Gasteiger partial charge on any atom is 0.416 e. The molecule has 3 aromatic rings. The van der Waals surface area contributed by atoms with Crippen LogP contribution in [-0.2, 0) is 19.0 Å². The number of aryl methyl sites for hydroxylation is 2. The van der Waals surface area contributed by atoms with Crippen molar-refractivity contribution in [3.05, 3.63) is 83.4 Å². The maximum atomic E-state index is 12.7. The maximum absolute atomic E-state index is 12.7. The molecule has 112 valence electrons. The van der Waals surface area contributed by atoms with Gasteiger partial charge in [0.15, 0.2) is 0 Å². The molecule has 0 bridgehead atoms. The van der Waals surface area contributed by atoms with Crippen molar-refractivity contribution >= 4 is 10.8 Å². The first-order chi connectivity index (χ1) is 10.5. The number of rotatable bonds is 3. The summed E-state index contributed by atoms with van der Waals surface area (Å²) in [5.41, 5.74) is 1.27. The Morgan fingerprint density at radius 1 is 0.636 bits per heavy atom. The van der Waals surface area contributed by atoms with Crippen LogP contribution in [0, 0.1) is 0 Å². The van der Waals surface area contributed by atoms with E-state index in [4.69, 9.17) is 0 Å². The topological polar surface area (TPSA) is 0 Å². The largest absolute Gasteiger partial charge is 0.416 e. The summed E-state index contributed by atoms with van der Waals surface area (Å²) in [6.45, 7) is 0. The van der Waals surface area contributed by atoms with Gasteiger partial charge < -0.3 is 0 Å². The minimum absolute atomic E-state index is 0.580. The summed E-state index contributed by atoms with van der Waals surface area (Å²) in [4.78, 5) is 0. The van der Waals surface area contributed by atoms with Crippen LogP contribution in [0.25, 0.3) is 10.8 Å². The lowest BCUT2D eigenvalue weighted by atomic mass is 10.00. The molecule has 0 atom stereocenters. The summed E-state index contributed by atoms with van der Waals surface area (Å²) in [5, 5.41) is 2.33. The van der Waals surface area contributed by atoms with E-state index in [1.54, 1.807) is 6.07 Å². The SMILES string of the molecule is FC(F)(F)c1cccc(CCc2ccc3ccccc3c2)c1. The zero-order chi connectivity index (χ0) is 15.6. The van der Waals surface area contributed by atoms with Crippen LogP contribution in [0.1, 0.15) is 16.7 Å². The first-order valence-corrected chi connectivity index (χ1v) is 7.16. The molecular weight excluding hydrogens is 285 g/mol. The lowest BCUT2D eigenvalue weighted by Gasteiger charge is -2.09. The van der Waals surface area contributed by atoms with Crippen LogP contribution >= 0.6 is 0 Å². The van der Waals surface area contributed by atoms with Gasteiger partial charge in [0.25, 0.3) is 0 Å². The smallest absolute Gasteiger partial charge is 0.166 e. The van der Waals surface area contributed by atoms with Crippen LogP contribution < -0.4 is 0 Å². The van der Waals surface area contributed by atoms with Crippen molar-refractivity contribution in [2.45, 2.75) is 19.0 Å². The minimum atomic E-state index is -4.28. The first kappa shape index (κ1) is 14.6. The van der Waals surface area contributed by atoms with Crippen LogP contribution in [0.4, 0.5) is 13.2 Å². The number of fused-ring (bicyclic) bond motifs is 1. The first-order valence-electron chi connectivity index (χ1n) is 7.16. The van der Waals surface area contributed by atoms with Crippen molar-refractivity contribution in [3.8, 4) is 0 Å². The van der Waals surface area contributed by atoms with Gasteiger partial charge in [-0.05, 0) is 40.8 Å². The van der Waals surface area contributed by atoms with E-state index >= 15 is 0 Å². The third-order valence-electron chi connectivity index (χ3n) is 3.77. The molecule has 3 heteroatoms. The molecule has 0 amide bonds. The summed E-state index contributed by atoms with van der Waals surface area (Å²) in [6, 6.07) is 19.8. The third kappa shape index (κ3) is 3.30. The lowest BCUT2D eigenvalue weighted by molar-refractivity contribution is -0.137. The Morgan fingerprint density at radius 3 is 2.05 bits per heavy atom. The van der Waals surface area contributed by atoms with Crippen LogP contribution in [-0.4, -0.2) is 0 Å². The molecule has 0 fully saturated rings. The van der Waals surface area contributed by atoms with Crippen LogP contribution in [0.3, 0.4) is 0 Å². The van der Waals surface area contributed by atoms with Gasteiger partial charge in [-0.15, -0.1) is 0 Å². The molecule has 0 aliphatic heterocycles. The number of hydrogen-bond acceptors (Lipinski definition) is 0. The Kier molecular flexibility index (Phi) is 3.88. The molecule has 0 nitrogen and oxygen atoms in total. The highest BCUT2D eigenvalue weighted by atomic mass is 19.4. The fourth-order valence-corrected chi connectivity index (χ4v) is 2.59. The molecule has 3 aromatic carbocycles. The van der Waals surface area contributed by atoms with Gasteiger partial charge in [0.2, 0.25) is 0 Å². The number of hydrogen-bond donors (Lipinski definition) is 0. The Balaban J connectivity index is 1.76. The third-order valence-corrected chi connectivity index (χ3v) is 3.77. The van der Waals surface area contributed by atoms with Crippen LogP contribution in [0.5, 0.6) is 0 Å². The Labute approximate surface area is 127 Å². The Morgan fingerprint density at radius 2 is 1.32 bits per heavy atom. The predicted octanol–water partition coefficient (Wildman–Crippen LogP) is 5.64. The summed E-state index contributed by atoms with van der Waals surface area (Å²) in [7, 11) is 0. The van der Waals surface area contributed by atoms with E-state index < -0.39 is 11.7 Å². The van der Waals surface area contributed by atoms with Gasteiger partial charge in [-0.2, -0.15) is 13.2 Å². The Bertz CT molecular complexity index is 788. The minimum Gasteiger partial charge on any atom is -0.166 e. The molecule has 0 N–H and O–H groups in total. The van der Waals surface area contributed by atoms with Gasteiger partial charge in [0.1, 0.15) is 0 Å². The van der Waals surface area contributed by atoms with Gasteiger partial charge >= 0.3 is 6.18 Å². The highest BCUT2D eigenvalue weighted by Crippen LogP contribution is 2.29. The summed E-state index contributed by atoms with van der Waals surface area (Å²) >= 11 is 0. The standard InChI is InChI=1S/C19H15F3/c20-19(21,22)18-7-3-4-14(13-18)8-9-15-10-11-16-5-1-2-6-17(16)12-15/h1-7,10-13H,8-9H2. The van der Waals surface area contributed by atoms with Gasteiger partial charge in [-0.1, -0.05) is 60.7 Å². The average molecular weight is 300 g/mol. The van der Waals surface area contributed by atoms with E-state index in [1.165, 1.54) is 17.5 Å². The van der Waals surface area contributed by atoms with Crippen molar-refractivity contribution in [3.63, 3.8) is 0 Å². The van der Waals surface area contributed by atoms with E-state index in [0.29, 0.717) is 12.0 Å². The monoisotopic (exact) mass is 300 g/mol. The second kappa shape index (κ2) is 5.84. The highest BCUT2D eigenvalue weighted by Gasteiger charge is 2.30. The summed E-state index contributed by atoms with van der Waals surface area (Å²) < 4.78 is 38.1. The van der Waals surface area contributed by atoms with E-state index in [9.17, 15) is 13.2 Å². The summed E-state index contributed by atoms with van der Waals surface area (Å²) in [5.74, 6) is 0. The molecule has 0 heterocycles. The molecule has 0 spiro atoms. The molecule has 0 saturated carbocycles. The number of halogens is 3. The van der Waals surface area contributed by atoms with E-state index in [1.807, 2.05) is 30.3 Å². The zero-order valence-electron chi connectivity index (χ0n) is 11.9. The second-order valence-electron chi connectivity index (χ2n) is 5.38. The van der Waals surface area contributed by atoms with E-state index in [-0.39, 0.29) is 0 Å². The van der Waals surface area contributed by atoms with Gasteiger partial charge in [0.05, 0.1) is 5.56 Å². The molecule has 3 rings (SSSR count). The fourth-order valence-electron chi connectivity index (χ4n) is 2.59. The molecule has 0 radical (unpaired) electrons. The second-order valence-corrected chi connectivity index (χ2v) is 5.38. The quantitative estimate of drug-likeness (QED) is 0.587. The van der Waals surface area contributed by atoms with Crippen molar-refractivity contribution in [2.24, 2.45) is 0 Å². The molecule has 0 saturated heterocycles. The van der Waals surface area contributed by atoms with E-state index in [0.717, 1.165) is 23.4 Å². The average Bonchev–Trinajstić information content (AvgIpc) is 2.52. The van der Waals surface area contributed by atoms with Gasteiger partial charge in [0, 0.05) is 0 Å². The highest BCUT2D eigenvalue weighted by molar-refractivity contribution is 5.82. The van der Waals surface area contributed by atoms with Crippen LogP contribution in [0.15, 0.2) is 66.7 Å². The van der Waals surface area contributed by atoms with Gasteiger partial charge in [-0.3, -0.25) is 0 Å². The molecule has 0 aliphatic rings. The lowest BCUT2D eigenvalue weighted by Crippen LogP contribution is -2.05. The molecule has 0 aliphatic carbocycles. The molecule has 0 aromatic heterocycles. The van der Waals surface area contributed by atoms with Crippen molar-refractivity contribution < 1.29 is 13.2 Å². The van der Waals surface area contributed by atoms with E-state index in [2.05, 4.69) is 12.1 Å². The Hall–Kier alpha value is -2.29.